The first-order valence-corrected chi connectivity index (χ1v) is 5.74. The highest BCUT2D eigenvalue weighted by atomic mass is 16.5. The molecule has 1 saturated carbocycles. The van der Waals surface area contributed by atoms with Crippen LogP contribution in [0.4, 0.5) is 0 Å². The highest BCUT2D eigenvalue weighted by Crippen LogP contribution is 2.27. The molecule has 84 valence electrons. The number of nitrogens with two attached hydrogens (primary N) is 1. The molecule has 2 unspecified atom stereocenters. The molecule has 14 heavy (non-hydrogen) atoms. The minimum atomic E-state index is 0.283. The smallest absolute Gasteiger partial charge is 0.0667 e. The third-order valence-electron chi connectivity index (χ3n) is 3.29. The van der Waals surface area contributed by atoms with Crippen molar-refractivity contribution < 1.29 is 4.74 Å². The largest absolute Gasteiger partial charge is 0.380 e. The number of methoxy groups -OCH3 is 1. The summed E-state index contributed by atoms with van der Waals surface area (Å²) in [7, 11) is 1.75. The van der Waals surface area contributed by atoms with Gasteiger partial charge in [0.2, 0.25) is 0 Å². The summed E-state index contributed by atoms with van der Waals surface area (Å²) in [5, 5.41) is 3.51. The van der Waals surface area contributed by atoms with Crippen LogP contribution in [0, 0.1) is 5.92 Å². The van der Waals surface area contributed by atoms with Crippen LogP contribution in [0.5, 0.6) is 0 Å². The van der Waals surface area contributed by atoms with E-state index in [0.717, 1.165) is 19.0 Å². The van der Waals surface area contributed by atoms with E-state index in [4.69, 9.17) is 10.5 Å². The standard InChI is InChI=1S/C11H24N2O/c1-9(14-2)8-13-11(7-12)10-5-3-4-6-10/h9-11,13H,3-8,12H2,1-2H3. The highest BCUT2D eigenvalue weighted by molar-refractivity contribution is 4.81. The van der Waals surface area contributed by atoms with Gasteiger partial charge < -0.3 is 15.8 Å². The lowest BCUT2D eigenvalue weighted by atomic mass is 9.98. The quantitative estimate of drug-likeness (QED) is 0.675. The zero-order valence-corrected chi connectivity index (χ0v) is 9.46. The Labute approximate surface area is 87.4 Å². The molecule has 2 atom stereocenters. The molecule has 0 radical (unpaired) electrons. The van der Waals surface area contributed by atoms with Gasteiger partial charge in [-0.2, -0.15) is 0 Å². The van der Waals surface area contributed by atoms with Crippen LogP contribution in [0.25, 0.3) is 0 Å². The maximum absolute atomic E-state index is 5.78. The Morgan fingerprint density at radius 3 is 2.57 bits per heavy atom. The first-order chi connectivity index (χ1) is 6.77. The number of hydrogen-bond donors (Lipinski definition) is 2. The SMILES string of the molecule is COC(C)CNC(CN)C1CCCC1. The molecule has 3 N–H and O–H groups in total. The van der Waals surface area contributed by atoms with Gasteiger partial charge in [-0.05, 0) is 25.7 Å². The van der Waals surface area contributed by atoms with Crippen LogP contribution in [-0.4, -0.2) is 32.3 Å². The van der Waals surface area contributed by atoms with Gasteiger partial charge in [0.15, 0.2) is 0 Å². The van der Waals surface area contributed by atoms with Crippen LogP contribution in [0.1, 0.15) is 32.6 Å². The van der Waals surface area contributed by atoms with Crippen LogP contribution >= 0.6 is 0 Å². The van der Waals surface area contributed by atoms with Crippen molar-refractivity contribution in [3.8, 4) is 0 Å². The fourth-order valence-electron chi connectivity index (χ4n) is 2.20. The predicted molar refractivity (Wildman–Crippen MR) is 59.3 cm³/mol. The van der Waals surface area contributed by atoms with Crippen molar-refractivity contribution in [3.05, 3.63) is 0 Å². The summed E-state index contributed by atoms with van der Waals surface area (Å²) in [5.74, 6) is 0.795. The van der Waals surface area contributed by atoms with E-state index in [9.17, 15) is 0 Å². The fourth-order valence-corrected chi connectivity index (χ4v) is 2.20. The topological polar surface area (TPSA) is 47.3 Å². The molecule has 0 aromatic rings. The molecule has 1 fully saturated rings. The average molecular weight is 200 g/mol. The minimum Gasteiger partial charge on any atom is -0.380 e. The summed E-state index contributed by atoms with van der Waals surface area (Å²) in [5.41, 5.74) is 5.78. The van der Waals surface area contributed by atoms with Crippen molar-refractivity contribution in [1.29, 1.82) is 0 Å². The van der Waals surface area contributed by atoms with Gasteiger partial charge in [0.25, 0.3) is 0 Å². The van der Waals surface area contributed by atoms with Gasteiger partial charge in [-0.25, -0.2) is 0 Å². The van der Waals surface area contributed by atoms with E-state index >= 15 is 0 Å². The Balaban J connectivity index is 2.23. The van der Waals surface area contributed by atoms with Gasteiger partial charge >= 0.3 is 0 Å². The van der Waals surface area contributed by atoms with Gasteiger partial charge in [-0.1, -0.05) is 12.8 Å². The molecule has 0 bridgehead atoms. The van der Waals surface area contributed by atoms with E-state index in [1.807, 2.05) is 0 Å². The number of nitrogens with one attached hydrogen (secondary N) is 1. The lowest BCUT2D eigenvalue weighted by Gasteiger charge is -2.24. The molecular weight excluding hydrogens is 176 g/mol. The van der Waals surface area contributed by atoms with Crippen LogP contribution in [0.3, 0.4) is 0 Å². The molecule has 0 spiro atoms. The summed E-state index contributed by atoms with van der Waals surface area (Å²) in [6.07, 6.45) is 5.73. The third kappa shape index (κ3) is 3.56. The van der Waals surface area contributed by atoms with Gasteiger partial charge in [0.05, 0.1) is 6.10 Å². The Bertz CT molecular complexity index is 146. The maximum atomic E-state index is 5.78. The average Bonchev–Trinajstić information content (AvgIpc) is 2.72. The molecule has 0 aromatic heterocycles. The third-order valence-corrected chi connectivity index (χ3v) is 3.29. The summed E-state index contributed by atoms with van der Waals surface area (Å²) >= 11 is 0. The van der Waals surface area contributed by atoms with Crippen LogP contribution in [0.15, 0.2) is 0 Å². The normalized spacial score (nSPS) is 22.5. The Morgan fingerprint density at radius 2 is 2.07 bits per heavy atom. The van der Waals surface area contributed by atoms with Crippen LogP contribution < -0.4 is 11.1 Å². The van der Waals surface area contributed by atoms with E-state index in [1.165, 1.54) is 25.7 Å². The van der Waals surface area contributed by atoms with Gasteiger partial charge in [-0.3, -0.25) is 0 Å². The number of rotatable bonds is 6. The fraction of sp³-hybridized carbons (Fsp3) is 1.00. The molecule has 3 heteroatoms. The van der Waals surface area contributed by atoms with Crippen molar-refractivity contribution in [2.24, 2.45) is 11.7 Å². The Kier molecular flexibility index (Phi) is 5.45. The van der Waals surface area contributed by atoms with Gasteiger partial charge in [0.1, 0.15) is 0 Å². The molecule has 0 heterocycles. The van der Waals surface area contributed by atoms with Crippen LogP contribution in [0.2, 0.25) is 0 Å². The van der Waals surface area contributed by atoms with Crippen LogP contribution in [-0.2, 0) is 4.74 Å². The summed E-state index contributed by atoms with van der Waals surface area (Å²) < 4.78 is 5.20. The van der Waals surface area contributed by atoms with Crippen molar-refractivity contribution in [1.82, 2.24) is 5.32 Å². The molecule has 0 saturated heterocycles. The summed E-state index contributed by atoms with van der Waals surface area (Å²) in [6, 6.07) is 0.495. The second-order valence-electron chi connectivity index (χ2n) is 4.34. The first-order valence-electron chi connectivity index (χ1n) is 5.74. The van der Waals surface area contributed by atoms with Crippen molar-refractivity contribution in [3.63, 3.8) is 0 Å². The lowest BCUT2D eigenvalue weighted by Crippen LogP contribution is -2.44. The van der Waals surface area contributed by atoms with E-state index in [-0.39, 0.29) is 6.10 Å². The molecule has 1 aliphatic rings. The summed E-state index contributed by atoms with van der Waals surface area (Å²) in [6.45, 7) is 3.74. The molecular formula is C11H24N2O. The molecule has 1 rings (SSSR count). The van der Waals surface area contributed by atoms with Gasteiger partial charge in [0, 0.05) is 26.2 Å². The second-order valence-corrected chi connectivity index (χ2v) is 4.34. The zero-order chi connectivity index (χ0) is 10.4. The molecule has 1 aliphatic carbocycles. The summed E-state index contributed by atoms with van der Waals surface area (Å²) in [4.78, 5) is 0. The first kappa shape index (κ1) is 12.0. The van der Waals surface area contributed by atoms with E-state index < -0.39 is 0 Å². The van der Waals surface area contributed by atoms with E-state index in [1.54, 1.807) is 7.11 Å². The molecule has 0 aliphatic heterocycles. The molecule has 0 amide bonds. The Morgan fingerprint density at radius 1 is 1.43 bits per heavy atom. The van der Waals surface area contributed by atoms with Crippen molar-refractivity contribution in [2.75, 3.05) is 20.2 Å². The van der Waals surface area contributed by atoms with E-state index in [2.05, 4.69) is 12.2 Å². The molecule has 0 aromatic carbocycles. The maximum Gasteiger partial charge on any atom is 0.0667 e. The van der Waals surface area contributed by atoms with Crippen molar-refractivity contribution >= 4 is 0 Å². The van der Waals surface area contributed by atoms with Crippen molar-refractivity contribution in [2.45, 2.75) is 44.8 Å². The second kappa shape index (κ2) is 6.38. The van der Waals surface area contributed by atoms with E-state index in [0.29, 0.717) is 6.04 Å². The minimum absolute atomic E-state index is 0.283. The Hall–Kier alpha value is -0.120. The number of ether oxygens (including phenoxy) is 1. The lowest BCUT2D eigenvalue weighted by molar-refractivity contribution is 0.111. The monoisotopic (exact) mass is 200 g/mol. The molecule has 3 nitrogen and oxygen atoms in total. The number of hydrogen-bond acceptors (Lipinski definition) is 3. The van der Waals surface area contributed by atoms with Gasteiger partial charge in [-0.15, -0.1) is 0 Å². The zero-order valence-electron chi connectivity index (χ0n) is 9.46. The highest BCUT2D eigenvalue weighted by Gasteiger charge is 2.23. The predicted octanol–water partition coefficient (Wildman–Crippen LogP) is 1.13.